The molecule has 0 aliphatic carbocycles. The lowest BCUT2D eigenvalue weighted by Gasteiger charge is -2.26. The number of rotatable bonds is 6. The first-order valence-corrected chi connectivity index (χ1v) is 11.5. The summed E-state index contributed by atoms with van der Waals surface area (Å²) < 4.78 is 5.87. The molecule has 34 heavy (non-hydrogen) atoms. The fourth-order valence-electron chi connectivity index (χ4n) is 4.46. The van der Waals surface area contributed by atoms with Gasteiger partial charge in [-0.15, -0.1) is 0 Å². The number of carbonyl (C=O) groups is 2. The summed E-state index contributed by atoms with van der Waals surface area (Å²) in [5.74, 6) is -0.262. The molecule has 1 aliphatic rings. The van der Waals surface area contributed by atoms with E-state index in [4.69, 9.17) is 4.74 Å². The van der Waals surface area contributed by atoms with Gasteiger partial charge in [0.15, 0.2) is 0 Å². The van der Waals surface area contributed by atoms with Gasteiger partial charge >= 0.3 is 0 Å². The lowest BCUT2D eigenvalue weighted by Crippen LogP contribution is -2.31. The molecule has 0 radical (unpaired) electrons. The van der Waals surface area contributed by atoms with Gasteiger partial charge in [0.1, 0.15) is 6.10 Å². The SMILES string of the molecule is O=C(Cc1cccc2ccccc12)Nc1ccc(C(=O)NCC2OCCc3ccccc32)cc1. The first kappa shape index (κ1) is 21.9. The Morgan fingerprint density at radius 1 is 0.853 bits per heavy atom. The van der Waals surface area contributed by atoms with Crippen LogP contribution < -0.4 is 10.6 Å². The Hall–Kier alpha value is -3.96. The molecule has 0 saturated heterocycles. The zero-order valence-corrected chi connectivity index (χ0v) is 18.8. The summed E-state index contributed by atoms with van der Waals surface area (Å²) in [6, 6.07) is 29.2. The Bertz CT molecular complexity index is 1330. The van der Waals surface area contributed by atoms with Crippen LogP contribution in [0, 0.1) is 0 Å². The fraction of sp³-hybridized carbons (Fsp3) is 0.172. The summed E-state index contributed by atoms with van der Waals surface area (Å²) in [7, 11) is 0. The molecular formula is C29H26N2O3. The average molecular weight is 451 g/mol. The molecule has 0 spiro atoms. The normalized spacial score (nSPS) is 14.9. The Morgan fingerprint density at radius 2 is 1.62 bits per heavy atom. The molecule has 0 fully saturated rings. The van der Waals surface area contributed by atoms with Gasteiger partial charge in [0, 0.05) is 17.8 Å². The van der Waals surface area contributed by atoms with E-state index in [9.17, 15) is 9.59 Å². The Labute approximate surface area is 198 Å². The van der Waals surface area contributed by atoms with Gasteiger partial charge in [0.25, 0.3) is 5.91 Å². The van der Waals surface area contributed by atoms with Crippen molar-refractivity contribution in [1.82, 2.24) is 5.32 Å². The van der Waals surface area contributed by atoms with Gasteiger partial charge in [-0.2, -0.15) is 0 Å². The van der Waals surface area contributed by atoms with Crippen molar-refractivity contribution in [3.05, 3.63) is 113 Å². The minimum atomic E-state index is -0.166. The summed E-state index contributed by atoms with van der Waals surface area (Å²) in [6.07, 6.45) is 1.04. The third-order valence-electron chi connectivity index (χ3n) is 6.20. The quantitative estimate of drug-likeness (QED) is 0.431. The molecule has 4 aromatic carbocycles. The maximum Gasteiger partial charge on any atom is 0.251 e. The van der Waals surface area contributed by atoms with E-state index in [1.807, 2.05) is 54.6 Å². The molecule has 5 nitrogen and oxygen atoms in total. The van der Waals surface area contributed by atoms with Crippen LogP contribution in [-0.2, 0) is 22.4 Å². The number of hydrogen-bond acceptors (Lipinski definition) is 3. The van der Waals surface area contributed by atoms with Crippen LogP contribution in [0.5, 0.6) is 0 Å². The highest BCUT2D eigenvalue weighted by atomic mass is 16.5. The van der Waals surface area contributed by atoms with Crippen LogP contribution in [0.15, 0.2) is 91.0 Å². The van der Waals surface area contributed by atoms with Gasteiger partial charge in [-0.05, 0) is 58.1 Å². The zero-order chi connectivity index (χ0) is 23.3. The minimum absolute atomic E-state index is 0.0957. The number of nitrogens with one attached hydrogen (secondary N) is 2. The third-order valence-corrected chi connectivity index (χ3v) is 6.20. The smallest absolute Gasteiger partial charge is 0.251 e. The highest BCUT2D eigenvalue weighted by Crippen LogP contribution is 2.26. The van der Waals surface area contributed by atoms with Crippen molar-refractivity contribution in [3.63, 3.8) is 0 Å². The van der Waals surface area contributed by atoms with E-state index < -0.39 is 0 Å². The average Bonchev–Trinajstić information content (AvgIpc) is 2.88. The second-order valence-corrected chi connectivity index (χ2v) is 8.46. The van der Waals surface area contributed by atoms with Crippen LogP contribution in [0.2, 0.25) is 0 Å². The molecule has 1 aliphatic heterocycles. The number of fused-ring (bicyclic) bond motifs is 2. The summed E-state index contributed by atoms with van der Waals surface area (Å²) in [6.45, 7) is 1.07. The van der Waals surface area contributed by atoms with Crippen molar-refractivity contribution in [3.8, 4) is 0 Å². The van der Waals surface area contributed by atoms with Crippen LogP contribution in [0.25, 0.3) is 10.8 Å². The predicted molar refractivity (Wildman–Crippen MR) is 134 cm³/mol. The van der Waals surface area contributed by atoms with Crippen LogP contribution in [0.3, 0.4) is 0 Å². The second-order valence-electron chi connectivity index (χ2n) is 8.46. The zero-order valence-electron chi connectivity index (χ0n) is 18.8. The first-order chi connectivity index (χ1) is 16.7. The lowest BCUT2D eigenvalue weighted by atomic mass is 9.97. The van der Waals surface area contributed by atoms with E-state index in [1.165, 1.54) is 5.56 Å². The van der Waals surface area contributed by atoms with Gasteiger partial charge in [0.2, 0.25) is 5.91 Å². The molecule has 0 bridgehead atoms. The van der Waals surface area contributed by atoms with Crippen molar-refractivity contribution in [1.29, 1.82) is 0 Å². The summed E-state index contributed by atoms with van der Waals surface area (Å²) in [5, 5.41) is 8.09. The van der Waals surface area contributed by atoms with Crippen molar-refractivity contribution in [2.75, 3.05) is 18.5 Å². The van der Waals surface area contributed by atoms with Gasteiger partial charge < -0.3 is 15.4 Å². The van der Waals surface area contributed by atoms with E-state index in [0.717, 1.165) is 28.3 Å². The Balaban J connectivity index is 1.18. The van der Waals surface area contributed by atoms with Gasteiger partial charge in [-0.3, -0.25) is 9.59 Å². The highest BCUT2D eigenvalue weighted by Gasteiger charge is 2.21. The van der Waals surface area contributed by atoms with E-state index in [1.54, 1.807) is 24.3 Å². The van der Waals surface area contributed by atoms with Gasteiger partial charge in [0.05, 0.1) is 13.0 Å². The van der Waals surface area contributed by atoms with Gasteiger partial charge in [-0.25, -0.2) is 0 Å². The molecule has 170 valence electrons. The maximum atomic E-state index is 12.6. The molecule has 1 unspecified atom stereocenters. The second kappa shape index (κ2) is 9.89. The Kier molecular flexibility index (Phi) is 6.36. The summed E-state index contributed by atoms with van der Waals surface area (Å²) in [5.41, 5.74) is 4.59. The van der Waals surface area contributed by atoms with Crippen LogP contribution in [-0.4, -0.2) is 25.0 Å². The van der Waals surface area contributed by atoms with Crippen LogP contribution >= 0.6 is 0 Å². The topological polar surface area (TPSA) is 67.4 Å². The first-order valence-electron chi connectivity index (χ1n) is 11.5. The number of amides is 2. The number of hydrogen-bond donors (Lipinski definition) is 2. The molecule has 4 aromatic rings. The van der Waals surface area contributed by atoms with Crippen molar-refractivity contribution in [2.45, 2.75) is 18.9 Å². The monoisotopic (exact) mass is 450 g/mol. The Morgan fingerprint density at radius 3 is 2.50 bits per heavy atom. The van der Waals surface area contributed by atoms with E-state index in [2.05, 4.69) is 22.8 Å². The van der Waals surface area contributed by atoms with Crippen molar-refractivity contribution < 1.29 is 14.3 Å². The molecule has 5 heteroatoms. The van der Waals surface area contributed by atoms with Crippen molar-refractivity contribution >= 4 is 28.3 Å². The highest BCUT2D eigenvalue weighted by molar-refractivity contribution is 5.97. The van der Waals surface area contributed by atoms with E-state index >= 15 is 0 Å². The molecule has 0 aromatic heterocycles. The van der Waals surface area contributed by atoms with Gasteiger partial charge in [-0.1, -0.05) is 66.7 Å². The number of carbonyl (C=O) groups excluding carboxylic acids is 2. The van der Waals surface area contributed by atoms with Crippen molar-refractivity contribution in [2.24, 2.45) is 0 Å². The predicted octanol–water partition coefficient (Wildman–Crippen LogP) is 5.06. The molecule has 1 heterocycles. The summed E-state index contributed by atoms with van der Waals surface area (Å²) >= 11 is 0. The van der Waals surface area contributed by atoms with Crippen LogP contribution in [0.4, 0.5) is 5.69 Å². The number of ether oxygens (including phenoxy) is 1. The molecular weight excluding hydrogens is 424 g/mol. The molecule has 5 rings (SSSR count). The van der Waals surface area contributed by atoms with E-state index in [-0.39, 0.29) is 24.3 Å². The largest absolute Gasteiger partial charge is 0.371 e. The van der Waals surface area contributed by atoms with Crippen LogP contribution in [0.1, 0.15) is 33.2 Å². The summed E-state index contributed by atoms with van der Waals surface area (Å²) in [4.78, 5) is 25.3. The molecule has 0 saturated carbocycles. The molecule has 2 N–H and O–H groups in total. The fourth-order valence-corrected chi connectivity index (χ4v) is 4.46. The molecule has 2 amide bonds. The van der Waals surface area contributed by atoms with E-state index in [0.29, 0.717) is 24.4 Å². The molecule has 1 atom stereocenters. The number of benzene rings is 4. The maximum absolute atomic E-state index is 12.6. The third kappa shape index (κ3) is 4.85. The lowest BCUT2D eigenvalue weighted by molar-refractivity contribution is -0.115. The number of anilines is 1. The minimum Gasteiger partial charge on any atom is -0.371 e. The standard InChI is InChI=1S/C29H26N2O3/c32-28(18-23-9-5-8-20-6-1-3-10-25(20)23)31-24-14-12-22(13-15-24)29(33)30-19-27-26-11-4-2-7-21(26)16-17-34-27/h1-15,27H,16-19H2,(H,30,33)(H,31,32).